The monoisotopic (exact) mass is 608 g/mol. The second kappa shape index (κ2) is 13.0. The summed E-state index contributed by atoms with van der Waals surface area (Å²) in [5.41, 5.74) is 3.15. The Bertz CT molecular complexity index is 1600. The van der Waals surface area contributed by atoms with Crippen molar-refractivity contribution in [2.24, 2.45) is 0 Å². The van der Waals surface area contributed by atoms with Crippen LogP contribution in [-0.2, 0) is 22.6 Å². The molecule has 2 aromatic carbocycles. The van der Waals surface area contributed by atoms with Crippen LogP contribution >= 0.6 is 11.6 Å². The molecule has 0 spiro atoms. The van der Waals surface area contributed by atoms with Crippen LogP contribution in [0.15, 0.2) is 54.6 Å². The van der Waals surface area contributed by atoms with Crippen molar-refractivity contribution in [3.05, 3.63) is 88.1 Å². The number of aromatic nitrogens is 3. The predicted octanol–water partition coefficient (Wildman–Crippen LogP) is 5.86. The van der Waals surface area contributed by atoms with Gasteiger partial charge >= 0.3 is 5.97 Å². The van der Waals surface area contributed by atoms with Crippen molar-refractivity contribution in [2.45, 2.75) is 50.5 Å². The number of ether oxygens (including phenoxy) is 3. The molecule has 43 heavy (non-hydrogen) atoms. The van der Waals surface area contributed by atoms with Gasteiger partial charge in [-0.3, -0.25) is 4.90 Å². The molecule has 226 valence electrons. The van der Waals surface area contributed by atoms with E-state index in [0.717, 1.165) is 61.5 Å². The summed E-state index contributed by atoms with van der Waals surface area (Å²) < 4.78 is 33.6. The van der Waals surface area contributed by atoms with Gasteiger partial charge in [0.15, 0.2) is 0 Å². The Hall–Kier alpha value is -3.57. The van der Waals surface area contributed by atoms with E-state index in [-0.39, 0.29) is 30.2 Å². The number of nitrogens with zero attached hydrogens (tertiary/aromatic N) is 4. The highest BCUT2D eigenvalue weighted by Crippen LogP contribution is 2.34. The maximum absolute atomic E-state index is 14.2. The van der Waals surface area contributed by atoms with Crippen LogP contribution in [0.1, 0.15) is 58.7 Å². The summed E-state index contributed by atoms with van der Waals surface area (Å²) in [5.74, 6) is 0.190. The number of piperidine rings is 1. The number of likely N-dealkylation sites (tertiary alicyclic amines) is 1. The summed E-state index contributed by atoms with van der Waals surface area (Å²) in [7, 11) is 1.69. The van der Waals surface area contributed by atoms with Crippen LogP contribution in [0.5, 0.6) is 5.88 Å². The number of fused-ring (bicyclic) bond motifs is 1. The number of carbonyl (C=O) groups is 1. The molecule has 4 aromatic rings. The standard InChI is InChI=1S/C32H34ClFN4O5/c1-41-19-29(31-36-27-8-6-21(32(39)40)15-28(27)38(31)17-24-11-14-42-24)37-12-9-20(10-13-37)26-3-2-4-30(35-26)43-18-22-5-7-23(33)16-25(22)34/h2-8,15-16,20,24,29H,9-14,17-19H2,1H3,(H,39,40). The average molecular weight is 609 g/mol. The van der Waals surface area contributed by atoms with Crippen molar-refractivity contribution >= 4 is 28.6 Å². The van der Waals surface area contributed by atoms with Gasteiger partial charge in [-0.25, -0.2) is 19.2 Å². The average Bonchev–Trinajstić information content (AvgIpc) is 3.34. The summed E-state index contributed by atoms with van der Waals surface area (Å²) in [5, 5.41) is 9.95. The van der Waals surface area contributed by atoms with E-state index in [1.807, 2.05) is 12.1 Å². The first-order valence-electron chi connectivity index (χ1n) is 14.5. The molecule has 6 rings (SSSR count). The Morgan fingerprint density at radius 2 is 1.95 bits per heavy atom. The molecule has 2 atom stereocenters. The van der Waals surface area contributed by atoms with Gasteiger partial charge in [0.2, 0.25) is 5.88 Å². The van der Waals surface area contributed by atoms with Gasteiger partial charge in [0, 0.05) is 42.0 Å². The third kappa shape index (κ3) is 6.52. The fourth-order valence-corrected chi connectivity index (χ4v) is 6.05. The normalized spacial score (nSPS) is 18.4. The molecule has 0 amide bonds. The molecule has 11 heteroatoms. The minimum atomic E-state index is -0.966. The first-order valence-corrected chi connectivity index (χ1v) is 14.9. The van der Waals surface area contributed by atoms with Gasteiger partial charge < -0.3 is 23.9 Å². The SMILES string of the molecule is COCC(c1nc2ccc(C(=O)O)cc2n1CC1CCO1)N1CCC(c2cccc(OCc3ccc(Cl)cc3F)n2)CC1. The molecule has 2 aromatic heterocycles. The van der Waals surface area contributed by atoms with Crippen molar-refractivity contribution in [1.82, 2.24) is 19.4 Å². The maximum atomic E-state index is 14.2. The number of rotatable bonds is 11. The molecule has 4 heterocycles. The van der Waals surface area contributed by atoms with Crippen LogP contribution in [0.25, 0.3) is 11.0 Å². The highest BCUT2D eigenvalue weighted by Gasteiger charge is 2.32. The van der Waals surface area contributed by atoms with E-state index < -0.39 is 11.8 Å². The largest absolute Gasteiger partial charge is 0.478 e. The number of aromatic carboxylic acids is 1. The molecule has 2 aliphatic heterocycles. The van der Waals surface area contributed by atoms with E-state index in [4.69, 9.17) is 35.8 Å². The number of hydrogen-bond acceptors (Lipinski definition) is 7. The van der Waals surface area contributed by atoms with Crippen LogP contribution in [0.4, 0.5) is 4.39 Å². The molecule has 2 saturated heterocycles. The number of carboxylic acids is 1. The summed E-state index contributed by atoms with van der Waals surface area (Å²) in [6.07, 6.45) is 2.81. The number of pyridine rings is 1. The molecule has 0 saturated carbocycles. The maximum Gasteiger partial charge on any atom is 0.335 e. The molecular weight excluding hydrogens is 575 g/mol. The van der Waals surface area contributed by atoms with Crippen molar-refractivity contribution in [3.8, 4) is 5.88 Å². The molecule has 2 fully saturated rings. The van der Waals surface area contributed by atoms with E-state index in [0.29, 0.717) is 29.6 Å². The zero-order valence-corrected chi connectivity index (χ0v) is 24.7. The minimum Gasteiger partial charge on any atom is -0.478 e. The highest BCUT2D eigenvalue weighted by molar-refractivity contribution is 6.30. The number of benzene rings is 2. The third-order valence-electron chi connectivity index (χ3n) is 8.35. The van der Waals surface area contributed by atoms with E-state index in [2.05, 4.69) is 9.47 Å². The molecule has 9 nitrogen and oxygen atoms in total. The Kier molecular flexibility index (Phi) is 8.90. The first-order chi connectivity index (χ1) is 20.9. The van der Waals surface area contributed by atoms with Crippen molar-refractivity contribution in [1.29, 1.82) is 0 Å². The summed E-state index contributed by atoms with van der Waals surface area (Å²) in [6, 6.07) is 15.2. The molecule has 1 N–H and O–H groups in total. The van der Waals surface area contributed by atoms with Gasteiger partial charge in [0.25, 0.3) is 0 Å². The lowest BCUT2D eigenvalue weighted by Gasteiger charge is -2.37. The van der Waals surface area contributed by atoms with Crippen molar-refractivity contribution < 1.29 is 28.5 Å². The summed E-state index contributed by atoms with van der Waals surface area (Å²) >= 11 is 5.86. The topological polar surface area (TPSA) is 98.9 Å². The Labute approximate surface area is 254 Å². The van der Waals surface area contributed by atoms with Crippen molar-refractivity contribution in [3.63, 3.8) is 0 Å². The summed E-state index contributed by atoms with van der Waals surface area (Å²) in [6.45, 7) is 3.49. The Morgan fingerprint density at radius 1 is 1.14 bits per heavy atom. The fraction of sp³-hybridized carbons (Fsp3) is 0.406. The number of hydrogen-bond donors (Lipinski definition) is 1. The van der Waals surface area contributed by atoms with E-state index in [1.165, 1.54) is 6.07 Å². The van der Waals surface area contributed by atoms with Crippen LogP contribution in [0.3, 0.4) is 0 Å². The van der Waals surface area contributed by atoms with Crippen LogP contribution < -0.4 is 4.74 Å². The summed E-state index contributed by atoms with van der Waals surface area (Å²) in [4.78, 5) is 23.8. The van der Waals surface area contributed by atoms with Crippen LogP contribution in [0, 0.1) is 5.82 Å². The highest BCUT2D eigenvalue weighted by atomic mass is 35.5. The lowest BCUT2D eigenvalue weighted by molar-refractivity contribution is -0.0598. The first kappa shape index (κ1) is 29.5. The second-order valence-corrected chi connectivity index (χ2v) is 11.5. The van der Waals surface area contributed by atoms with Crippen LogP contribution in [0.2, 0.25) is 5.02 Å². The number of imidazole rings is 1. The number of halogens is 2. The Balaban J connectivity index is 1.18. The van der Waals surface area contributed by atoms with Crippen molar-refractivity contribution in [2.75, 3.05) is 33.4 Å². The van der Waals surface area contributed by atoms with Gasteiger partial charge in [-0.2, -0.15) is 0 Å². The number of carboxylic acid groups (broad SMARTS) is 1. The van der Waals surface area contributed by atoms with Gasteiger partial charge in [0.1, 0.15) is 18.2 Å². The zero-order valence-electron chi connectivity index (χ0n) is 23.9. The van der Waals surface area contributed by atoms with Gasteiger partial charge in [0.05, 0.1) is 41.9 Å². The molecule has 0 bridgehead atoms. The second-order valence-electron chi connectivity index (χ2n) is 11.1. The zero-order chi connectivity index (χ0) is 29.9. The molecule has 2 unspecified atom stereocenters. The smallest absolute Gasteiger partial charge is 0.335 e. The fourth-order valence-electron chi connectivity index (χ4n) is 5.89. The molecular formula is C32H34ClFN4O5. The Morgan fingerprint density at radius 3 is 2.65 bits per heavy atom. The molecule has 0 radical (unpaired) electrons. The van der Waals surface area contributed by atoms with Gasteiger partial charge in [-0.1, -0.05) is 23.7 Å². The van der Waals surface area contributed by atoms with Gasteiger partial charge in [-0.05, 0) is 68.8 Å². The lowest BCUT2D eigenvalue weighted by atomic mass is 9.92. The third-order valence-corrected chi connectivity index (χ3v) is 8.59. The van der Waals surface area contributed by atoms with E-state index in [9.17, 15) is 14.3 Å². The quantitative estimate of drug-likeness (QED) is 0.226. The lowest BCUT2D eigenvalue weighted by Crippen LogP contribution is -2.40. The number of methoxy groups -OCH3 is 1. The van der Waals surface area contributed by atoms with Crippen LogP contribution in [-0.4, -0.2) is 70.0 Å². The van der Waals surface area contributed by atoms with Gasteiger partial charge in [-0.15, -0.1) is 0 Å². The minimum absolute atomic E-state index is 0.0669. The van der Waals surface area contributed by atoms with E-state index >= 15 is 0 Å². The van der Waals surface area contributed by atoms with E-state index in [1.54, 1.807) is 43.5 Å². The predicted molar refractivity (Wildman–Crippen MR) is 159 cm³/mol. The molecule has 0 aliphatic carbocycles. The molecule has 2 aliphatic rings.